The van der Waals surface area contributed by atoms with Gasteiger partial charge in [-0.1, -0.05) is 27.2 Å². The van der Waals surface area contributed by atoms with Crippen LogP contribution < -0.4 is 5.32 Å². The molecule has 1 saturated heterocycles. The van der Waals surface area contributed by atoms with Crippen LogP contribution in [0.5, 0.6) is 0 Å². The summed E-state index contributed by atoms with van der Waals surface area (Å²) >= 11 is 0. The lowest BCUT2D eigenvalue weighted by atomic mass is 10.0. The van der Waals surface area contributed by atoms with Gasteiger partial charge in [-0.2, -0.15) is 0 Å². The maximum absolute atomic E-state index is 3.54. The summed E-state index contributed by atoms with van der Waals surface area (Å²) in [5.74, 6) is 0. The molecule has 0 bridgehead atoms. The summed E-state index contributed by atoms with van der Waals surface area (Å²) < 4.78 is 0. The van der Waals surface area contributed by atoms with Crippen molar-refractivity contribution < 1.29 is 0 Å². The minimum absolute atomic E-state index is 0.626. The van der Waals surface area contributed by atoms with E-state index in [0.717, 1.165) is 6.04 Å². The topological polar surface area (TPSA) is 15.3 Å². The van der Waals surface area contributed by atoms with Crippen LogP contribution in [0, 0.1) is 0 Å². The van der Waals surface area contributed by atoms with E-state index in [1.165, 1.54) is 38.9 Å². The van der Waals surface area contributed by atoms with Gasteiger partial charge in [0, 0.05) is 18.6 Å². The lowest BCUT2D eigenvalue weighted by Gasteiger charge is -2.35. The van der Waals surface area contributed by atoms with Crippen molar-refractivity contribution in [3.05, 3.63) is 0 Å². The van der Waals surface area contributed by atoms with E-state index in [9.17, 15) is 0 Å². The highest BCUT2D eigenvalue weighted by molar-refractivity contribution is 4.78. The highest BCUT2D eigenvalue weighted by Gasteiger charge is 2.20. The van der Waals surface area contributed by atoms with Crippen LogP contribution in [-0.4, -0.2) is 36.6 Å². The van der Waals surface area contributed by atoms with Gasteiger partial charge in [0.05, 0.1) is 0 Å². The van der Waals surface area contributed by atoms with Crippen molar-refractivity contribution in [2.24, 2.45) is 0 Å². The Labute approximate surface area is 82.7 Å². The predicted molar refractivity (Wildman–Crippen MR) is 58.0 cm³/mol. The van der Waals surface area contributed by atoms with Crippen molar-refractivity contribution in [1.29, 1.82) is 0 Å². The zero-order valence-electron chi connectivity index (χ0n) is 9.34. The number of hydrogen-bond acceptors (Lipinski definition) is 2. The molecule has 0 spiro atoms. The summed E-state index contributed by atoms with van der Waals surface area (Å²) in [6, 6.07) is 1.42. The molecule has 1 aliphatic rings. The molecule has 0 aromatic rings. The van der Waals surface area contributed by atoms with Gasteiger partial charge in [0.1, 0.15) is 0 Å². The van der Waals surface area contributed by atoms with E-state index in [-0.39, 0.29) is 0 Å². The fourth-order valence-electron chi connectivity index (χ4n) is 2.08. The third kappa shape index (κ3) is 3.65. The minimum Gasteiger partial charge on any atom is -0.313 e. The van der Waals surface area contributed by atoms with Crippen LogP contribution in [0.1, 0.15) is 40.0 Å². The fourth-order valence-corrected chi connectivity index (χ4v) is 2.08. The number of hydrogen-bond donors (Lipinski definition) is 1. The SMILES string of the molecule is CCN1CCCCC1CNC(C)C. The van der Waals surface area contributed by atoms with Crippen LogP contribution in [0.3, 0.4) is 0 Å². The smallest absolute Gasteiger partial charge is 0.0220 e. The summed E-state index contributed by atoms with van der Waals surface area (Å²) in [5.41, 5.74) is 0. The highest BCUT2D eigenvalue weighted by Crippen LogP contribution is 2.15. The Morgan fingerprint density at radius 3 is 2.77 bits per heavy atom. The second-order valence-electron chi connectivity index (χ2n) is 4.34. The third-order valence-corrected chi connectivity index (χ3v) is 2.92. The van der Waals surface area contributed by atoms with Gasteiger partial charge in [-0.15, -0.1) is 0 Å². The largest absolute Gasteiger partial charge is 0.313 e. The second kappa shape index (κ2) is 5.61. The Morgan fingerprint density at radius 1 is 1.38 bits per heavy atom. The number of rotatable bonds is 4. The molecular formula is C11H24N2. The Bertz CT molecular complexity index is 134. The fraction of sp³-hybridized carbons (Fsp3) is 1.00. The lowest BCUT2D eigenvalue weighted by Crippen LogP contribution is -2.46. The van der Waals surface area contributed by atoms with Crippen molar-refractivity contribution in [2.45, 2.75) is 52.1 Å². The standard InChI is InChI=1S/C11H24N2/c1-4-13-8-6-5-7-11(13)9-12-10(2)3/h10-12H,4-9H2,1-3H3. The number of likely N-dealkylation sites (tertiary alicyclic amines) is 1. The Hall–Kier alpha value is -0.0800. The Morgan fingerprint density at radius 2 is 2.15 bits per heavy atom. The Balaban J connectivity index is 2.27. The van der Waals surface area contributed by atoms with Crippen LogP contribution >= 0.6 is 0 Å². The van der Waals surface area contributed by atoms with Crippen molar-refractivity contribution in [1.82, 2.24) is 10.2 Å². The van der Waals surface area contributed by atoms with Gasteiger partial charge in [0.2, 0.25) is 0 Å². The summed E-state index contributed by atoms with van der Waals surface area (Å²) in [5, 5.41) is 3.54. The molecule has 1 unspecified atom stereocenters. The first-order valence-corrected chi connectivity index (χ1v) is 5.71. The van der Waals surface area contributed by atoms with Gasteiger partial charge >= 0.3 is 0 Å². The first-order chi connectivity index (χ1) is 6.24. The van der Waals surface area contributed by atoms with Crippen molar-refractivity contribution in [2.75, 3.05) is 19.6 Å². The summed E-state index contributed by atoms with van der Waals surface area (Å²) in [6.07, 6.45) is 4.19. The van der Waals surface area contributed by atoms with Crippen molar-refractivity contribution in [3.63, 3.8) is 0 Å². The molecule has 0 amide bonds. The lowest BCUT2D eigenvalue weighted by molar-refractivity contribution is 0.151. The first-order valence-electron chi connectivity index (χ1n) is 5.71. The Kier molecular flexibility index (Phi) is 4.74. The molecule has 13 heavy (non-hydrogen) atoms. The molecule has 0 aliphatic carbocycles. The monoisotopic (exact) mass is 184 g/mol. The maximum atomic E-state index is 3.54. The molecule has 0 aromatic carbocycles. The van der Waals surface area contributed by atoms with Crippen molar-refractivity contribution >= 4 is 0 Å². The molecule has 0 radical (unpaired) electrons. The maximum Gasteiger partial charge on any atom is 0.0220 e. The van der Waals surface area contributed by atoms with E-state index >= 15 is 0 Å². The molecule has 1 aliphatic heterocycles. The van der Waals surface area contributed by atoms with E-state index in [1.807, 2.05) is 0 Å². The van der Waals surface area contributed by atoms with E-state index in [2.05, 4.69) is 31.0 Å². The molecule has 2 heteroatoms. The van der Waals surface area contributed by atoms with Crippen molar-refractivity contribution in [3.8, 4) is 0 Å². The molecule has 1 fully saturated rings. The molecule has 1 N–H and O–H groups in total. The summed E-state index contributed by atoms with van der Waals surface area (Å²) in [6.45, 7) is 10.4. The van der Waals surface area contributed by atoms with Crippen LogP contribution in [0.2, 0.25) is 0 Å². The highest BCUT2D eigenvalue weighted by atomic mass is 15.2. The number of nitrogens with zero attached hydrogens (tertiary/aromatic N) is 1. The molecule has 1 heterocycles. The third-order valence-electron chi connectivity index (χ3n) is 2.92. The molecule has 0 aromatic heterocycles. The summed E-state index contributed by atoms with van der Waals surface area (Å²) in [4.78, 5) is 2.61. The average Bonchev–Trinajstić information content (AvgIpc) is 2.15. The second-order valence-corrected chi connectivity index (χ2v) is 4.34. The molecule has 78 valence electrons. The molecule has 1 atom stereocenters. The zero-order chi connectivity index (χ0) is 9.68. The number of likely N-dealkylation sites (N-methyl/N-ethyl adjacent to an activating group) is 1. The van der Waals surface area contributed by atoms with Gasteiger partial charge in [-0.25, -0.2) is 0 Å². The molecule has 1 rings (SSSR count). The van der Waals surface area contributed by atoms with Crippen LogP contribution in [0.15, 0.2) is 0 Å². The molecule has 0 saturated carbocycles. The minimum atomic E-state index is 0.626. The predicted octanol–water partition coefficient (Wildman–Crippen LogP) is 1.86. The van der Waals surface area contributed by atoms with Crippen LogP contribution in [-0.2, 0) is 0 Å². The normalized spacial score (nSPS) is 25.4. The van der Waals surface area contributed by atoms with Gasteiger partial charge < -0.3 is 5.32 Å². The van der Waals surface area contributed by atoms with Gasteiger partial charge in [-0.05, 0) is 25.9 Å². The van der Waals surface area contributed by atoms with Crippen LogP contribution in [0.25, 0.3) is 0 Å². The van der Waals surface area contributed by atoms with Crippen LogP contribution in [0.4, 0.5) is 0 Å². The quantitative estimate of drug-likeness (QED) is 0.717. The van der Waals surface area contributed by atoms with E-state index in [1.54, 1.807) is 0 Å². The molecular weight excluding hydrogens is 160 g/mol. The molecule has 2 nitrogen and oxygen atoms in total. The van der Waals surface area contributed by atoms with Gasteiger partial charge in [-0.3, -0.25) is 4.90 Å². The van der Waals surface area contributed by atoms with Gasteiger partial charge in [0.25, 0.3) is 0 Å². The zero-order valence-corrected chi connectivity index (χ0v) is 9.34. The van der Waals surface area contributed by atoms with E-state index < -0.39 is 0 Å². The summed E-state index contributed by atoms with van der Waals surface area (Å²) in [7, 11) is 0. The van der Waals surface area contributed by atoms with E-state index in [4.69, 9.17) is 0 Å². The van der Waals surface area contributed by atoms with E-state index in [0.29, 0.717) is 6.04 Å². The number of piperidine rings is 1. The average molecular weight is 184 g/mol. The van der Waals surface area contributed by atoms with Gasteiger partial charge in [0.15, 0.2) is 0 Å². The first kappa shape index (κ1) is 11.0. The number of nitrogens with one attached hydrogen (secondary N) is 1.